The van der Waals surface area contributed by atoms with E-state index in [1.54, 1.807) is 6.92 Å². The molecule has 2 aromatic heterocycles. The fourth-order valence-corrected chi connectivity index (χ4v) is 8.85. The average molecular weight is 1070 g/mol. The number of nitrogens with zero attached hydrogens (tertiary/aromatic N) is 10. The first kappa shape index (κ1) is 52.9. The van der Waals surface area contributed by atoms with Crippen LogP contribution >= 0.6 is 0 Å². The highest BCUT2D eigenvalue weighted by Gasteiger charge is 2.22. The van der Waals surface area contributed by atoms with E-state index < -0.39 is 69.8 Å². The topological polar surface area (TPSA) is 404 Å². The van der Waals surface area contributed by atoms with E-state index in [4.69, 9.17) is 11.5 Å². The van der Waals surface area contributed by atoms with Crippen LogP contribution in [0, 0.1) is 18.1 Å². The number of nitrogens with one attached hydrogen (secondary N) is 4. The number of halogens is 2. The van der Waals surface area contributed by atoms with Gasteiger partial charge in [-0.2, -0.15) is 55.7 Å². The van der Waals surface area contributed by atoms with Gasteiger partial charge in [-0.15, -0.1) is 15.3 Å². The summed E-state index contributed by atoms with van der Waals surface area (Å²) in [6, 6.07) is 17.6. The first-order valence-corrected chi connectivity index (χ1v) is 25.4. The minimum atomic E-state index is -4.97. The van der Waals surface area contributed by atoms with Crippen LogP contribution in [0.3, 0.4) is 0 Å². The standard InChI is InChI=1S/C43H38F2N16O10S3/c1-3-72(64,65)27-11-8-25(9-12-27)58-59-30-14-10-26(19-32(30)51-41(47)63)49-43-56-39(45)55-42(57-43)48-21-22(2)15-36-52-37(54-38(44)53-36)17-23-7-13-29(31(16-23)50-40(46)62)60-61-33-20-28-24(18-35(33)74(69,70)71)5-4-6-34(28)73(66,67)68/h3-14,16,18-20,22H,1,15,17,21H2,2H3,(H3,46,50,62)(H3,47,51,63)(H,66,67,68)(H,69,70,71)(H2,48,49,55,56,57). The van der Waals surface area contributed by atoms with Gasteiger partial charge in [0.1, 0.15) is 38.5 Å². The molecule has 2 heterocycles. The van der Waals surface area contributed by atoms with Crippen molar-refractivity contribution in [1.82, 2.24) is 29.9 Å². The van der Waals surface area contributed by atoms with Crippen LogP contribution in [-0.4, -0.2) is 82.9 Å². The maximum atomic E-state index is 14.8. The Hall–Kier alpha value is -8.91. The minimum absolute atomic E-state index is 0.00509. The van der Waals surface area contributed by atoms with Gasteiger partial charge in [0, 0.05) is 35.9 Å². The van der Waals surface area contributed by atoms with Crippen LogP contribution in [0.5, 0.6) is 0 Å². The number of sulfone groups is 1. The second-order valence-corrected chi connectivity index (χ2v) is 20.3. The molecule has 31 heteroatoms. The van der Waals surface area contributed by atoms with Crippen LogP contribution in [0.1, 0.15) is 24.1 Å². The Morgan fingerprint density at radius 2 is 1.30 bits per heavy atom. The van der Waals surface area contributed by atoms with Crippen LogP contribution in [-0.2, 0) is 42.9 Å². The molecule has 0 aliphatic heterocycles. The van der Waals surface area contributed by atoms with Gasteiger partial charge in [0.25, 0.3) is 20.2 Å². The molecular formula is C43H38F2N16O10S3. The number of carbonyl (C=O) groups is 2. The summed E-state index contributed by atoms with van der Waals surface area (Å²) in [7, 11) is -13.4. The number of primary amides is 2. The molecule has 26 nitrogen and oxygen atoms in total. The Kier molecular flexibility index (Phi) is 15.6. The zero-order chi connectivity index (χ0) is 53.5. The molecule has 5 aromatic carbocycles. The summed E-state index contributed by atoms with van der Waals surface area (Å²) in [4.78, 5) is 46.0. The number of amides is 4. The highest BCUT2D eigenvalue weighted by Crippen LogP contribution is 2.36. The quantitative estimate of drug-likeness (QED) is 0.0290. The van der Waals surface area contributed by atoms with Gasteiger partial charge in [0.05, 0.1) is 22.0 Å². The van der Waals surface area contributed by atoms with Crippen molar-refractivity contribution in [3.05, 3.63) is 132 Å². The lowest BCUT2D eigenvalue weighted by Gasteiger charge is -2.13. The van der Waals surface area contributed by atoms with E-state index in [0.29, 0.717) is 5.56 Å². The summed E-state index contributed by atoms with van der Waals surface area (Å²) < 4.78 is 122. The number of rotatable bonds is 19. The number of anilines is 5. The molecule has 0 aliphatic carbocycles. The smallest absolute Gasteiger partial charge is 0.316 e. The Morgan fingerprint density at radius 3 is 1.96 bits per heavy atom. The lowest BCUT2D eigenvalue weighted by Crippen LogP contribution is -2.19. The Bertz CT molecular complexity index is 3780. The van der Waals surface area contributed by atoms with Crippen LogP contribution in [0.4, 0.5) is 70.1 Å². The monoisotopic (exact) mass is 1070 g/mol. The van der Waals surface area contributed by atoms with Crippen molar-refractivity contribution in [3.63, 3.8) is 0 Å². The van der Waals surface area contributed by atoms with Crippen LogP contribution in [0.15, 0.2) is 138 Å². The molecule has 10 N–H and O–H groups in total. The molecular weight excluding hydrogens is 1030 g/mol. The number of hydrogen-bond donors (Lipinski definition) is 8. The molecule has 1 atom stereocenters. The molecule has 7 rings (SSSR count). The Morgan fingerprint density at radius 1 is 0.689 bits per heavy atom. The maximum Gasteiger partial charge on any atom is 0.316 e. The van der Waals surface area contributed by atoms with Crippen molar-refractivity contribution in [1.29, 1.82) is 0 Å². The molecule has 0 saturated heterocycles. The number of aromatic nitrogens is 6. The van der Waals surface area contributed by atoms with E-state index >= 15 is 0 Å². The molecule has 0 fully saturated rings. The van der Waals surface area contributed by atoms with Crippen molar-refractivity contribution >= 4 is 105 Å². The summed E-state index contributed by atoms with van der Waals surface area (Å²) in [5, 5.41) is 27.2. The lowest BCUT2D eigenvalue weighted by molar-refractivity contribution is 0.258. The summed E-state index contributed by atoms with van der Waals surface area (Å²) in [5.74, 6) is -0.793. The highest BCUT2D eigenvalue weighted by molar-refractivity contribution is 7.94. The van der Waals surface area contributed by atoms with Crippen molar-refractivity contribution in [2.45, 2.75) is 34.5 Å². The van der Waals surface area contributed by atoms with Gasteiger partial charge in [-0.3, -0.25) is 9.11 Å². The van der Waals surface area contributed by atoms with Gasteiger partial charge in [-0.25, -0.2) is 23.0 Å². The van der Waals surface area contributed by atoms with Gasteiger partial charge >= 0.3 is 24.2 Å². The van der Waals surface area contributed by atoms with Crippen LogP contribution in [0.2, 0.25) is 0 Å². The second-order valence-electron chi connectivity index (χ2n) is 15.6. The lowest BCUT2D eigenvalue weighted by atomic mass is 10.1. The molecule has 0 bridgehead atoms. The van der Waals surface area contributed by atoms with Gasteiger partial charge in [-0.1, -0.05) is 31.7 Å². The second kappa shape index (κ2) is 21.8. The van der Waals surface area contributed by atoms with Crippen LogP contribution < -0.4 is 32.7 Å². The van der Waals surface area contributed by atoms with Gasteiger partial charge in [0.2, 0.25) is 11.9 Å². The summed E-state index contributed by atoms with van der Waals surface area (Å²) in [6.45, 7) is 5.13. The number of benzene rings is 5. The molecule has 382 valence electrons. The zero-order valence-corrected chi connectivity index (χ0v) is 40.4. The zero-order valence-electron chi connectivity index (χ0n) is 37.9. The van der Waals surface area contributed by atoms with Crippen molar-refractivity contribution < 1.29 is 52.7 Å². The number of hydrogen-bond acceptors (Lipinski definition) is 20. The number of carbonyl (C=O) groups excluding carboxylic acids is 2. The van der Waals surface area contributed by atoms with Crippen molar-refractivity contribution in [2.24, 2.45) is 37.8 Å². The van der Waals surface area contributed by atoms with E-state index in [1.807, 2.05) is 0 Å². The molecule has 0 saturated carbocycles. The summed E-state index contributed by atoms with van der Waals surface area (Å²) >= 11 is 0. The number of nitrogens with two attached hydrogens (primary N) is 2. The third-order valence-electron chi connectivity index (χ3n) is 10.0. The molecule has 0 radical (unpaired) electrons. The Labute approximate surface area is 418 Å². The largest absolute Gasteiger partial charge is 0.354 e. The van der Waals surface area contributed by atoms with E-state index in [0.717, 1.165) is 23.6 Å². The molecule has 0 aliphatic rings. The summed E-state index contributed by atoms with van der Waals surface area (Å²) in [5.41, 5.74) is 11.2. The number of azo groups is 2. The first-order chi connectivity index (χ1) is 34.9. The molecule has 1 unspecified atom stereocenters. The molecule has 4 amide bonds. The third-order valence-corrected chi connectivity index (χ3v) is 13.2. The SMILES string of the molecule is C=CS(=O)(=O)c1ccc(N=Nc2ccc(Nc3nc(F)nc(NCC(C)Cc4nc(F)nc(Cc5ccc(N=Nc6cc7c(S(=O)(=O)O)cccc7cc6S(=O)(=O)O)c(NC(N)=O)c5)n4)n3)cc2NC(N)=O)cc1. The van der Waals surface area contributed by atoms with Gasteiger partial charge < -0.3 is 32.7 Å². The fourth-order valence-electron chi connectivity index (χ4n) is 6.79. The molecule has 74 heavy (non-hydrogen) atoms. The predicted octanol–water partition coefficient (Wildman–Crippen LogP) is 7.34. The Balaban J connectivity index is 1.02. The van der Waals surface area contributed by atoms with Crippen LogP contribution in [0.25, 0.3) is 10.8 Å². The van der Waals surface area contributed by atoms with E-state index in [-0.39, 0.29) is 98.6 Å². The van der Waals surface area contributed by atoms with Crippen molar-refractivity contribution in [2.75, 3.05) is 27.8 Å². The third kappa shape index (κ3) is 13.7. The van der Waals surface area contributed by atoms with Gasteiger partial charge in [-0.05, 0) is 89.7 Å². The summed E-state index contributed by atoms with van der Waals surface area (Å²) in [6.07, 6.45) is -2.33. The predicted molar refractivity (Wildman–Crippen MR) is 262 cm³/mol. The van der Waals surface area contributed by atoms with Gasteiger partial charge in [0.15, 0.2) is 9.84 Å². The first-order valence-electron chi connectivity index (χ1n) is 21.0. The van der Waals surface area contributed by atoms with E-state index in [2.05, 4.69) is 78.2 Å². The van der Waals surface area contributed by atoms with E-state index in [9.17, 15) is 52.7 Å². The van der Waals surface area contributed by atoms with Crippen molar-refractivity contribution in [3.8, 4) is 0 Å². The minimum Gasteiger partial charge on any atom is -0.354 e. The fraction of sp³-hybridized carbons (Fsp3) is 0.116. The van der Waals surface area contributed by atoms with E-state index in [1.165, 1.54) is 72.8 Å². The number of fused-ring (bicyclic) bond motifs is 1. The molecule has 0 spiro atoms. The normalized spacial score (nSPS) is 12.4. The molecule has 7 aromatic rings. The maximum absolute atomic E-state index is 14.8. The number of urea groups is 2. The average Bonchev–Trinajstić information content (AvgIpc) is 3.31. The highest BCUT2D eigenvalue weighted by atomic mass is 32.2.